The Morgan fingerprint density at radius 2 is 1.43 bits per heavy atom. The van der Waals surface area contributed by atoms with Gasteiger partial charge in [-0.25, -0.2) is 0 Å². The monoisotopic (exact) mass is 359 g/mol. The quantitative estimate of drug-likeness (QED) is 0.545. The van der Waals surface area contributed by atoms with E-state index < -0.39 is 0 Å². The first kappa shape index (κ1) is 18.4. The third-order valence-electron chi connectivity index (χ3n) is 2.81. The topological polar surface area (TPSA) is 39.7 Å². The minimum absolute atomic E-state index is 0.620. The van der Waals surface area contributed by atoms with E-state index in [-0.39, 0.29) is 0 Å². The van der Waals surface area contributed by atoms with Crippen molar-refractivity contribution >= 4 is 21.6 Å². The molecule has 21 heavy (non-hydrogen) atoms. The number of benzene rings is 1. The van der Waals surface area contributed by atoms with Crippen molar-refractivity contribution in [1.82, 2.24) is 0 Å². The van der Waals surface area contributed by atoms with Gasteiger partial charge < -0.3 is 19.5 Å². The summed E-state index contributed by atoms with van der Waals surface area (Å²) in [6.07, 6.45) is 2.29. The van der Waals surface area contributed by atoms with Crippen LogP contribution in [0.25, 0.3) is 0 Å². The lowest BCUT2D eigenvalue weighted by molar-refractivity contribution is 0.0159. The molecule has 1 aromatic rings. The summed E-state index contributed by atoms with van der Waals surface area (Å²) in [5, 5.41) is 3.30. The van der Waals surface area contributed by atoms with E-state index in [1.54, 1.807) is 0 Å². The van der Waals surface area contributed by atoms with E-state index in [1.807, 2.05) is 24.3 Å². The lowest BCUT2D eigenvalue weighted by Crippen LogP contribution is -2.14. The van der Waals surface area contributed by atoms with Crippen LogP contribution in [0.5, 0.6) is 0 Å². The van der Waals surface area contributed by atoms with E-state index in [0.717, 1.165) is 29.7 Å². The molecule has 0 saturated heterocycles. The molecule has 5 heteroatoms. The molecule has 0 spiro atoms. The van der Waals surface area contributed by atoms with Crippen molar-refractivity contribution in [3.05, 3.63) is 28.7 Å². The summed E-state index contributed by atoms with van der Waals surface area (Å²) in [6.45, 7) is 7.01. The third kappa shape index (κ3) is 10.7. The second-order valence-corrected chi connectivity index (χ2v) is 5.54. The van der Waals surface area contributed by atoms with Gasteiger partial charge in [-0.2, -0.15) is 0 Å². The highest BCUT2D eigenvalue weighted by atomic mass is 79.9. The summed E-state index contributed by atoms with van der Waals surface area (Å²) >= 11 is 3.41. The van der Waals surface area contributed by atoms with Crippen molar-refractivity contribution in [2.45, 2.75) is 19.8 Å². The SMILES string of the molecule is CCCCOCCOCCOCCNc1ccc(Br)cc1. The van der Waals surface area contributed by atoms with Crippen LogP contribution in [0.4, 0.5) is 5.69 Å². The number of anilines is 1. The summed E-state index contributed by atoms with van der Waals surface area (Å²) in [7, 11) is 0. The average molecular weight is 360 g/mol. The van der Waals surface area contributed by atoms with Crippen molar-refractivity contribution in [3.8, 4) is 0 Å². The van der Waals surface area contributed by atoms with Crippen molar-refractivity contribution in [2.75, 3.05) is 51.5 Å². The molecule has 0 unspecified atom stereocenters. The highest BCUT2D eigenvalue weighted by Crippen LogP contribution is 2.13. The molecular weight excluding hydrogens is 334 g/mol. The van der Waals surface area contributed by atoms with Crippen LogP contribution in [0.2, 0.25) is 0 Å². The molecule has 1 N–H and O–H groups in total. The maximum absolute atomic E-state index is 5.49. The Labute approximate surface area is 136 Å². The van der Waals surface area contributed by atoms with Crippen LogP contribution >= 0.6 is 15.9 Å². The van der Waals surface area contributed by atoms with Gasteiger partial charge in [-0.15, -0.1) is 0 Å². The number of unbranched alkanes of at least 4 members (excludes halogenated alkanes) is 1. The fourth-order valence-corrected chi connectivity index (χ4v) is 1.89. The molecule has 0 atom stereocenters. The first-order valence-corrected chi connectivity index (χ1v) is 8.35. The summed E-state index contributed by atoms with van der Waals surface area (Å²) in [6, 6.07) is 8.09. The number of ether oxygens (including phenoxy) is 3. The highest BCUT2D eigenvalue weighted by Gasteiger charge is 1.93. The lowest BCUT2D eigenvalue weighted by Gasteiger charge is -2.08. The summed E-state index contributed by atoms with van der Waals surface area (Å²) in [5.41, 5.74) is 1.10. The molecule has 1 rings (SSSR count). The summed E-state index contributed by atoms with van der Waals surface area (Å²) in [4.78, 5) is 0. The molecule has 0 heterocycles. The van der Waals surface area contributed by atoms with Gasteiger partial charge in [0.2, 0.25) is 0 Å². The van der Waals surface area contributed by atoms with Crippen molar-refractivity contribution in [3.63, 3.8) is 0 Å². The fourth-order valence-electron chi connectivity index (χ4n) is 1.62. The Kier molecular flexibility index (Phi) is 11.5. The van der Waals surface area contributed by atoms with Gasteiger partial charge >= 0.3 is 0 Å². The Hall–Kier alpha value is -0.620. The number of rotatable bonds is 13. The van der Waals surface area contributed by atoms with E-state index in [0.29, 0.717) is 33.0 Å². The lowest BCUT2D eigenvalue weighted by atomic mass is 10.3. The minimum Gasteiger partial charge on any atom is -0.383 e. The second kappa shape index (κ2) is 13.1. The fraction of sp³-hybridized carbons (Fsp3) is 0.625. The second-order valence-electron chi connectivity index (χ2n) is 4.62. The van der Waals surface area contributed by atoms with Gasteiger partial charge in [0.05, 0.1) is 33.0 Å². The van der Waals surface area contributed by atoms with Crippen LogP contribution in [0.1, 0.15) is 19.8 Å². The third-order valence-corrected chi connectivity index (χ3v) is 3.33. The molecule has 0 aliphatic heterocycles. The van der Waals surface area contributed by atoms with Gasteiger partial charge in [0.1, 0.15) is 0 Å². The Balaban J connectivity index is 1.81. The van der Waals surface area contributed by atoms with Crippen molar-refractivity contribution in [2.24, 2.45) is 0 Å². The average Bonchev–Trinajstić information content (AvgIpc) is 2.50. The number of hydrogen-bond donors (Lipinski definition) is 1. The van der Waals surface area contributed by atoms with Crippen LogP contribution in [0.15, 0.2) is 28.7 Å². The molecule has 0 amide bonds. The maximum Gasteiger partial charge on any atom is 0.0701 e. The molecule has 0 aliphatic rings. The molecule has 120 valence electrons. The standard InChI is InChI=1S/C16H26BrNO3/c1-2-3-9-19-11-13-21-14-12-20-10-8-18-16-6-4-15(17)5-7-16/h4-7,18H,2-3,8-14H2,1H3. The first-order chi connectivity index (χ1) is 10.3. The van der Waals surface area contributed by atoms with Crippen LogP contribution < -0.4 is 5.32 Å². The van der Waals surface area contributed by atoms with E-state index in [2.05, 4.69) is 28.2 Å². The number of nitrogens with one attached hydrogen (secondary N) is 1. The Morgan fingerprint density at radius 1 is 0.857 bits per heavy atom. The van der Waals surface area contributed by atoms with Crippen LogP contribution in [0, 0.1) is 0 Å². The van der Waals surface area contributed by atoms with Crippen molar-refractivity contribution in [1.29, 1.82) is 0 Å². The molecule has 0 fully saturated rings. The molecule has 0 aromatic heterocycles. The summed E-state index contributed by atoms with van der Waals surface area (Å²) in [5.74, 6) is 0. The van der Waals surface area contributed by atoms with Crippen LogP contribution in [-0.2, 0) is 14.2 Å². The van der Waals surface area contributed by atoms with Gasteiger partial charge in [0.25, 0.3) is 0 Å². The predicted molar refractivity (Wildman–Crippen MR) is 90.0 cm³/mol. The van der Waals surface area contributed by atoms with E-state index in [4.69, 9.17) is 14.2 Å². The molecule has 0 bridgehead atoms. The molecular formula is C16H26BrNO3. The zero-order chi connectivity index (χ0) is 15.2. The van der Waals surface area contributed by atoms with Crippen LogP contribution in [-0.4, -0.2) is 46.2 Å². The van der Waals surface area contributed by atoms with Gasteiger partial charge in [-0.05, 0) is 30.7 Å². The highest BCUT2D eigenvalue weighted by molar-refractivity contribution is 9.10. The van der Waals surface area contributed by atoms with Crippen LogP contribution in [0.3, 0.4) is 0 Å². The molecule has 4 nitrogen and oxygen atoms in total. The number of halogens is 1. The Bertz CT molecular complexity index is 346. The predicted octanol–water partition coefficient (Wildman–Crippen LogP) is 3.71. The van der Waals surface area contributed by atoms with Crippen molar-refractivity contribution < 1.29 is 14.2 Å². The molecule has 0 radical (unpaired) electrons. The largest absolute Gasteiger partial charge is 0.383 e. The minimum atomic E-state index is 0.620. The molecule has 0 saturated carbocycles. The van der Waals surface area contributed by atoms with Gasteiger partial charge in [-0.1, -0.05) is 29.3 Å². The maximum atomic E-state index is 5.49. The zero-order valence-corrected chi connectivity index (χ0v) is 14.4. The van der Waals surface area contributed by atoms with Gasteiger partial charge in [-0.3, -0.25) is 0 Å². The molecule has 1 aromatic carbocycles. The van der Waals surface area contributed by atoms with Gasteiger partial charge in [0.15, 0.2) is 0 Å². The Morgan fingerprint density at radius 3 is 2.05 bits per heavy atom. The van der Waals surface area contributed by atoms with E-state index in [9.17, 15) is 0 Å². The van der Waals surface area contributed by atoms with Gasteiger partial charge in [0, 0.05) is 23.3 Å². The first-order valence-electron chi connectivity index (χ1n) is 7.55. The normalized spacial score (nSPS) is 10.8. The van der Waals surface area contributed by atoms with E-state index in [1.165, 1.54) is 6.42 Å². The zero-order valence-electron chi connectivity index (χ0n) is 12.8. The smallest absolute Gasteiger partial charge is 0.0701 e. The number of hydrogen-bond acceptors (Lipinski definition) is 4. The van der Waals surface area contributed by atoms with E-state index >= 15 is 0 Å². The summed E-state index contributed by atoms with van der Waals surface area (Å²) < 4.78 is 17.4. The molecule has 0 aliphatic carbocycles.